The quantitative estimate of drug-likeness (QED) is 0.446. The number of fused-ring (bicyclic) bond motifs is 1. The van der Waals surface area contributed by atoms with Gasteiger partial charge in [0.15, 0.2) is 0 Å². The molecule has 0 aromatic heterocycles. The van der Waals surface area contributed by atoms with Gasteiger partial charge in [0.1, 0.15) is 17.4 Å². The SMILES string of the molecule is N#CCCN/C=C(/C#N)C(=O)Nc1cccc2c(O)cccc12. The molecule has 114 valence electrons. The molecule has 2 rings (SSSR count). The first-order chi connectivity index (χ1) is 11.2. The van der Waals surface area contributed by atoms with Gasteiger partial charge < -0.3 is 15.7 Å². The van der Waals surface area contributed by atoms with Crippen LogP contribution in [0.25, 0.3) is 10.8 Å². The van der Waals surface area contributed by atoms with Gasteiger partial charge in [-0.05, 0) is 12.1 Å². The van der Waals surface area contributed by atoms with Gasteiger partial charge in [0.05, 0.1) is 12.5 Å². The number of hydrogen-bond donors (Lipinski definition) is 3. The van der Waals surface area contributed by atoms with Crippen LogP contribution in [-0.4, -0.2) is 17.6 Å². The van der Waals surface area contributed by atoms with Crippen molar-refractivity contribution < 1.29 is 9.90 Å². The largest absolute Gasteiger partial charge is 0.507 e. The number of nitrogens with one attached hydrogen (secondary N) is 2. The minimum atomic E-state index is -0.562. The number of phenolic OH excluding ortho intramolecular Hbond substituents is 1. The molecule has 2 aromatic rings. The summed E-state index contributed by atoms with van der Waals surface area (Å²) in [4.78, 5) is 12.2. The summed E-state index contributed by atoms with van der Waals surface area (Å²) < 4.78 is 0. The number of carbonyl (C=O) groups excluding carboxylic acids is 1. The van der Waals surface area contributed by atoms with Crippen molar-refractivity contribution in [1.29, 1.82) is 10.5 Å². The zero-order valence-corrected chi connectivity index (χ0v) is 12.2. The highest BCUT2D eigenvalue weighted by Gasteiger charge is 2.11. The van der Waals surface area contributed by atoms with Gasteiger partial charge in [0.2, 0.25) is 0 Å². The van der Waals surface area contributed by atoms with E-state index in [1.165, 1.54) is 6.20 Å². The monoisotopic (exact) mass is 306 g/mol. The number of nitrogens with zero attached hydrogens (tertiary/aromatic N) is 2. The Morgan fingerprint density at radius 3 is 2.65 bits per heavy atom. The second-order valence-corrected chi connectivity index (χ2v) is 4.66. The average molecular weight is 306 g/mol. The molecule has 1 amide bonds. The van der Waals surface area contributed by atoms with Crippen LogP contribution in [-0.2, 0) is 4.79 Å². The maximum atomic E-state index is 12.2. The van der Waals surface area contributed by atoms with Crippen LogP contribution in [0.2, 0.25) is 0 Å². The molecule has 6 nitrogen and oxygen atoms in total. The smallest absolute Gasteiger partial charge is 0.267 e. The van der Waals surface area contributed by atoms with Crippen LogP contribution in [0.3, 0.4) is 0 Å². The Balaban J connectivity index is 2.22. The molecule has 0 bridgehead atoms. The van der Waals surface area contributed by atoms with E-state index in [2.05, 4.69) is 10.6 Å². The molecule has 0 radical (unpaired) electrons. The normalized spacial score (nSPS) is 10.6. The molecule has 2 aromatic carbocycles. The lowest BCUT2D eigenvalue weighted by molar-refractivity contribution is -0.112. The number of anilines is 1. The summed E-state index contributed by atoms with van der Waals surface area (Å²) in [5.41, 5.74) is 0.404. The number of hydrogen-bond acceptors (Lipinski definition) is 5. The predicted molar refractivity (Wildman–Crippen MR) is 86.2 cm³/mol. The van der Waals surface area contributed by atoms with E-state index in [4.69, 9.17) is 10.5 Å². The van der Waals surface area contributed by atoms with Crippen LogP contribution in [0.5, 0.6) is 5.75 Å². The zero-order chi connectivity index (χ0) is 16.7. The highest BCUT2D eigenvalue weighted by Crippen LogP contribution is 2.29. The van der Waals surface area contributed by atoms with Crippen molar-refractivity contribution >= 4 is 22.4 Å². The lowest BCUT2D eigenvalue weighted by atomic mass is 10.1. The number of carbonyl (C=O) groups is 1. The molecule has 0 aliphatic heterocycles. The molecule has 0 aliphatic carbocycles. The van der Waals surface area contributed by atoms with E-state index < -0.39 is 5.91 Å². The Morgan fingerprint density at radius 2 is 1.91 bits per heavy atom. The van der Waals surface area contributed by atoms with E-state index >= 15 is 0 Å². The van der Waals surface area contributed by atoms with E-state index in [1.54, 1.807) is 36.4 Å². The fourth-order valence-electron chi connectivity index (χ4n) is 2.04. The van der Waals surface area contributed by atoms with Crippen molar-refractivity contribution in [2.24, 2.45) is 0 Å². The molecule has 0 saturated heterocycles. The number of phenols is 1. The molecule has 0 saturated carbocycles. The number of aromatic hydroxyl groups is 1. The lowest BCUT2D eigenvalue weighted by Crippen LogP contribution is -2.17. The van der Waals surface area contributed by atoms with Gasteiger partial charge in [-0.3, -0.25) is 4.79 Å². The highest BCUT2D eigenvalue weighted by molar-refractivity contribution is 6.11. The highest BCUT2D eigenvalue weighted by atomic mass is 16.3. The maximum absolute atomic E-state index is 12.2. The van der Waals surface area contributed by atoms with Crippen molar-refractivity contribution in [1.82, 2.24) is 5.32 Å². The van der Waals surface area contributed by atoms with Gasteiger partial charge in [-0.15, -0.1) is 0 Å². The first-order valence-corrected chi connectivity index (χ1v) is 6.90. The molecule has 3 N–H and O–H groups in total. The third kappa shape index (κ3) is 3.78. The van der Waals surface area contributed by atoms with E-state index in [-0.39, 0.29) is 17.7 Å². The van der Waals surface area contributed by atoms with E-state index in [0.717, 1.165) is 0 Å². The molecule has 0 fully saturated rings. The molecule has 0 spiro atoms. The van der Waals surface area contributed by atoms with Crippen molar-refractivity contribution in [3.63, 3.8) is 0 Å². The molecule has 6 heteroatoms. The number of rotatable bonds is 5. The Hall–Kier alpha value is -3.51. The van der Waals surface area contributed by atoms with Gasteiger partial charge in [0, 0.05) is 29.2 Å². The van der Waals surface area contributed by atoms with Crippen LogP contribution in [0.15, 0.2) is 48.2 Å². The van der Waals surface area contributed by atoms with E-state index in [0.29, 0.717) is 23.0 Å². The van der Waals surface area contributed by atoms with Gasteiger partial charge in [0.25, 0.3) is 5.91 Å². The maximum Gasteiger partial charge on any atom is 0.267 e. The summed E-state index contributed by atoms with van der Waals surface area (Å²) in [6.45, 7) is 0.358. The van der Waals surface area contributed by atoms with Gasteiger partial charge in [-0.2, -0.15) is 10.5 Å². The van der Waals surface area contributed by atoms with E-state index in [1.807, 2.05) is 12.1 Å². The van der Waals surface area contributed by atoms with Gasteiger partial charge >= 0.3 is 0 Å². The topological polar surface area (TPSA) is 109 Å². The fourth-order valence-corrected chi connectivity index (χ4v) is 2.04. The Morgan fingerprint density at radius 1 is 1.17 bits per heavy atom. The molecule has 23 heavy (non-hydrogen) atoms. The second kappa shape index (κ2) is 7.48. The first kappa shape index (κ1) is 15.9. The van der Waals surface area contributed by atoms with Crippen LogP contribution in [0.4, 0.5) is 5.69 Å². The average Bonchev–Trinajstić information content (AvgIpc) is 2.56. The molecule has 0 aliphatic rings. The Bertz CT molecular complexity index is 844. The molecule has 0 heterocycles. The third-order valence-electron chi connectivity index (χ3n) is 3.14. The molecular formula is C17H14N4O2. The minimum Gasteiger partial charge on any atom is -0.507 e. The number of amides is 1. The van der Waals surface area contributed by atoms with Crippen molar-refractivity contribution in [3.05, 3.63) is 48.2 Å². The van der Waals surface area contributed by atoms with Crippen LogP contribution < -0.4 is 10.6 Å². The van der Waals surface area contributed by atoms with Crippen molar-refractivity contribution in [2.75, 3.05) is 11.9 Å². The van der Waals surface area contributed by atoms with Crippen LogP contribution >= 0.6 is 0 Å². The van der Waals surface area contributed by atoms with Crippen LogP contribution in [0, 0.1) is 22.7 Å². The number of benzene rings is 2. The first-order valence-electron chi connectivity index (χ1n) is 6.90. The van der Waals surface area contributed by atoms with Gasteiger partial charge in [-0.25, -0.2) is 0 Å². The summed E-state index contributed by atoms with van der Waals surface area (Å²) in [5, 5.41) is 34.0. The van der Waals surface area contributed by atoms with Crippen molar-refractivity contribution in [3.8, 4) is 17.9 Å². The molecule has 0 unspecified atom stereocenters. The summed E-state index contributed by atoms with van der Waals surface area (Å²) >= 11 is 0. The summed E-state index contributed by atoms with van der Waals surface area (Å²) in [6.07, 6.45) is 1.56. The third-order valence-corrected chi connectivity index (χ3v) is 3.14. The number of nitriles is 2. The Labute approximate surface area is 133 Å². The lowest BCUT2D eigenvalue weighted by Gasteiger charge is -2.09. The standard InChI is InChI=1S/C17H14N4O2/c18-8-3-9-20-11-12(10-19)17(23)21-15-6-1-5-14-13(15)4-2-7-16(14)22/h1-2,4-7,11,20,22H,3,9H2,(H,21,23)/b12-11-. The van der Waals surface area contributed by atoms with Crippen LogP contribution in [0.1, 0.15) is 6.42 Å². The summed E-state index contributed by atoms with van der Waals surface area (Å²) in [7, 11) is 0. The van der Waals surface area contributed by atoms with Crippen molar-refractivity contribution in [2.45, 2.75) is 6.42 Å². The molecule has 0 atom stereocenters. The van der Waals surface area contributed by atoms with E-state index in [9.17, 15) is 9.90 Å². The summed E-state index contributed by atoms with van der Waals surface area (Å²) in [6, 6.07) is 13.9. The second-order valence-electron chi connectivity index (χ2n) is 4.66. The Kier molecular flexibility index (Phi) is 5.16. The summed E-state index contributed by atoms with van der Waals surface area (Å²) in [5.74, 6) is -0.444. The molecular weight excluding hydrogens is 292 g/mol. The zero-order valence-electron chi connectivity index (χ0n) is 12.2. The fraction of sp³-hybridized carbons (Fsp3) is 0.118. The van der Waals surface area contributed by atoms with Gasteiger partial charge in [-0.1, -0.05) is 24.3 Å². The predicted octanol–water partition coefficient (Wildman–Crippen LogP) is 2.39. The minimum absolute atomic E-state index is 0.0971.